The molecule has 0 spiro atoms. The standard InChI is InChI=1S/C10H16NO3/c1-4-8-6-7-11(13)10(8,3)9(12)14-5-2/h6-8H,4-5H2,1-3H3/q-1. The van der Waals surface area contributed by atoms with E-state index in [9.17, 15) is 10.0 Å². The number of esters is 1. The number of nitrogens with zero attached hydrogens (tertiary/aromatic N) is 1. The van der Waals surface area contributed by atoms with Crippen LogP contribution in [0.3, 0.4) is 0 Å². The van der Waals surface area contributed by atoms with Crippen molar-refractivity contribution in [3.05, 3.63) is 17.5 Å². The predicted molar refractivity (Wildman–Crippen MR) is 53.2 cm³/mol. The van der Waals surface area contributed by atoms with Crippen molar-refractivity contribution in [3.63, 3.8) is 0 Å². The lowest BCUT2D eigenvalue weighted by molar-refractivity contribution is -0.155. The molecule has 2 unspecified atom stereocenters. The Hall–Kier alpha value is -1.03. The molecular formula is C10H16NO3-. The molecule has 0 aromatic rings. The van der Waals surface area contributed by atoms with Crippen LogP contribution >= 0.6 is 0 Å². The molecule has 1 aliphatic rings. The highest BCUT2D eigenvalue weighted by molar-refractivity contribution is 5.82. The summed E-state index contributed by atoms with van der Waals surface area (Å²) in [5.74, 6) is -0.495. The van der Waals surface area contributed by atoms with E-state index in [4.69, 9.17) is 4.74 Å². The molecular weight excluding hydrogens is 182 g/mol. The molecule has 0 amide bonds. The molecule has 4 heteroatoms. The summed E-state index contributed by atoms with van der Waals surface area (Å²) in [6, 6.07) is 0. The summed E-state index contributed by atoms with van der Waals surface area (Å²) < 4.78 is 4.91. The lowest BCUT2D eigenvalue weighted by atomic mass is 9.86. The average Bonchev–Trinajstić information content (AvgIpc) is 2.45. The van der Waals surface area contributed by atoms with E-state index in [1.165, 1.54) is 6.20 Å². The molecule has 4 nitrogen and oxygen atoms in total. The van der Waals surface area contributed by atoms with E-state index >= 15 is 0 Å². The number of hydroxylamine groups is 2. The molecule has 0 saturated heterocycles. The second kappa shape index (κ2) is 4.00. The normalized spacial score (nSPS) is 30.9. The highest BCUT2D eigenvalue weighted by Crippen LogP contribution is 2.34. The van der Waals surface area contributed by atoms with Crippen LogP contribution in [0, 0.1) is 11.1 Å². The maximum absolute atomic E-state index is 11.6. The quantitative estimate of drug-likeness (QED) is 0.647. The number of hydrogen-bond acceptors (Lipinski definition) is 4. The van der Waals surface area contributed by atoms with Crippen molar-refractivity contribution in [3.8, 4) is 0 Å². The molecule has 0 fully saturated rings. The van der Waals surface area contributed by atoms with Gasteiger partial charge in [-0.1, -0.05) is 13.0 Å². The molecule has 0 saturated carbocycles. The summed E-state index contributed by atoms with van der Waals surface area (Å²) in [5.41, 5.74) is -1.06. The maximum Gasteiger partial charge on any atom is 0.331 e. The van der Waals surface area contributed by atoms with Crippen LogP contribution in [0.5, 0.6) is 0 Å². The van der Waals surface area contributed by atoms with Crippen molar-refractivity contribution in [2.24, 2.45) is 5.92 Å². The first-order chi connectivity index (χ1) is 6.57. The van der Waals surface area contributed by atoms with Crippen molar-refractivity contribution in [1.29, 1.82) is 0 Å². The van der Waals surface area contributed by atoms with Crippen LogP contribution in [-0.4, -0.2) is 23.2 Å². The summed E-state index contributed by atoms with van der Waals surface area (Å²) >= 11 is 0. The topological polar surface area (TPSA) is 52.6 Å². The van der Waals surface area contributed by atoms with Crippen molar-refractivity contribution in [1.82, 2.24) is 5.06 Å². The number of hydrogen-bond donors (Lipinski definition) is 0. The van der Waals surface area contributed by atoms with E-state index in [1.807, 2.05) is 6.92 Å². The first-order valence-corrected chi connectivity index (χ1v) is 4.89. The highest BCUT2D eigenvalue weighted by Gasteiger charge is 2.44. The molecule has 0 bridgehead atoms. The Balaban J connectivity index is 2.85. The fraction of sp³-hybridized carbons (Fsp3) is 0.700. The van der Waals surface area contributed by atoms with E-state index in [-0.39, 0.29) is 5.92 Å². The molecule has 0 aliphatic carbocycles. The summed E-state index contributed by atoms with van der Waals surface area (Å²) in [5, 5.41) is 12.2. The fourth-order valence-electron chi connectivity index (χ4n) is 1.74. The first kappa shape index (κ1) is 11.0. The second-order valence-corrected chi connectivity index (χ2v) is 3.55. The minimum absolute atomic E-state index is 0.0564. The Morgan fingerprint density at radius 1 is 1.64 bits per heavy atom. The molecule has 1 rings (SSSR count). The third-order valence-corrected chi connectivity index (χ3v) is 2.76. The second-order valence-electron chi connectivity index (χ2n) is 3.55. The largest absolute Gasteiger partial charge is 0.758 e. The van der Waals surface area contributed by atoms with Gasteiger partial charge in [0.15, 0.2) is 0 Å². The zero-order valence-corrected chi connectivity index (χ0v) is 8.82. The minimum atomic E-state index is -1.06. The van der Waals surface area contributed by atoms with Crippen LogP contribution in [0.2, 0.25) is 0 Å². The van der Waals surface area contributed by atoms with E-state index in [0.717, 1.165) is 6.42 Å². The Morgan fingerprint density at radius 2 is 2.29 bits per heavy atom. The molecule has 80 valence electrons. The van der Waals surface area contributed by atoms with Crippen LogP contribution in [0.15, 0.2) is 12.3 Å². The third kappa shape index (κ3) is 1.50. The third-order valence-electron chi connectivity index (χ3n) is 2.76. The van der Waals surface area contributed by atoms with Crippen molar-refractivity contribution < 1.29 is 9.53 Å². The summed E-state index contributed by atoms with van der Waals surface area (Å²) in [6.45, 7) is 5.62. The molecule has 0 N–H and O–H groups in total. The van der Waals surface area contributed by atoms with Gasteiger partial charge in [0.05, 0.1) is 6.61 Å². The number of carbonyl (C=O) groups is 1. The van der Waals surface area contributed by atoms with Gasteiger partial charge in [0, 0.05) is 5.92 Å². The molecule has 1 heterocycles. The monoisotopic (exact) mass is 198 g/mol. The van der Waals surface area contributed by atoms with Crippen molar-refractivity contribution in [2.45, 2.75) is 32.7 Å². The smallest absolute Gasteiger partial charge is 0.331 e. The molecule has 0 aromatic heterocycles. The number of rotatable bonds is 3. The van der Waals surface area contributed by atoms with Gasteiger partial charge in [-0.15, -0.1) is 0 Å². The van der Waals surface area contributed by atoms with Crippen LogP contribution in [-0.2, 0) is 9.53 Å². The van der Waals surface area contributed by atoms with Crippen molar-refractivity contribution >= 4 is 5.97 Å². The van der Waals surface area contributed by atoms with E-state index in [2.05, 4.69) is 0 Å². The Bertz CT molecular complexity index is 252. The van der Waals surface area contributed by atoms with Gasteiger partial charge in [-0.2, -0.15) is 0 Å². The molecule has 0 radical (unpaired) electrons. The Kier molecular flexibility index (Phi) is 3.16. The SMILES string of the molecule is CCOC(=O)C1(C)C(CC)C=CN1[O-]. The molecule has 0 aromatic carbocycles. The molecule has 14 heavy (non-hydrogen) atoms. The lowest BCUT2D eigenvalue weighted by Gasteiger charge is -2.42. The van der Waals surface area contributed by atoms with Gasteiger partial charge in [0.1, 0.15) is 5.54 Å². The van der Waals surface area contributed by atoms with Crippen LogP contribution in [0.1, 0.15) is 27.2 Å². The fourth-order valence-corrected chi connectivity index (χ4v) is 1.74. The zero-order valence-electron chi connectivity index (χ0n) is 8.82. The Labute approximate surface area is 84.1 Å². The minimum Gasteiger partial charge on any atom is -0.758 e. The summed E-state index contributed by atoms with van der Waals surface area (Å²) in [6.07, 6.45) is 3.93. The van der Waals surface area contributed by atoms with E-state index < -0.39 is 11.5 Å². The predicted octanol–water partition coefficient (Wildman–Crippen LogP) is 1.66. The van der Waals surface area contributed by atoms with E-state index in [0.29, 0.717) is 11.7 Å². The van der Waals surface area contributed by atoms with Crippen LogP contribution in [0.4, 0.5) is 0 Å². The van der Waals surface area contributed by atoms with Crippen molar-refractivity contribution in [2.75, 3.05) is 6.61 Å². The van der Waals surface area contributed by atoms with Gasteiger partial charge in [0.2, 0.25) is 0 Å². The Morgan fingerprint density at radius 3 is 2.79 bits per heavy atom. The maximum atomic E-state index is 11.6. The van der Waals surface area contributed by atoms with Gasteiger partial charge in [-0.25, -0.2) is 4.79 Å². The molecule has 2 atom stereocenters. The van der Waals surface area contributed by atoms with Gasteiger partial charge in [-0.3, -0.25) is 0 Å². The van der Waals surface area contributed by atoms with Crippen LogP contribution < -0.4 is 0 Å². The summed E-state index contributed by atoms with van der Waals surface area (Å²) in [4.78, 5) is 11.6. The van der Waals surface area contributed by atoms with Crippen LogP contribution in [0.25, 0.3) is 0 Å². The number of ether oxygens (including phenoxy) is 1. The van der Waals surface area contributed by atoms with E-state index in [1.54, 1.807) is 19.9 Å². The van der Waals surface area contributed by atoms with Gasteiger partial charge < -0.3 is 15.0 Å². The van der Waals surface area contributed by atoms with Gasteiger partial charge in [-0.05, 0) is 26.5 Å². The first-order valence-electron chi connectivity index (χ1n) is 4.89. The zero-order chi connectivity index (χ0) is 10.8. The molecule has 1 aliphatic heterocycles. The van der Waals surface area contributed by atoms with Gasteiger partial charge >= 0.3 is 5.97 Å². The highest BCUT2D eigenvalue weighted by atomic mass is 16.6. The van der Waals surface area contributed by atoms with Gasteiger partial charge in [0.25, 0.3) is 0 Å². The number of carbonyl (C=O) groups excluding carboxylic acids is 1. The lowest BCUT2D eigenvalue weighted by Crippen LogP contribution is -2.50. The average molecular weight is 198 g/mol. The summed E-state index contributed by atoms with van der Waals surface area (Å²) in [7, 11) is 0.